The van der Waals surface area contributed by atoms with Gasteiger partial charge >= 0.3 is 34.3 Å². The molecule has 1 fully saturated rings. The van der Waals surface area contributed by atoms with Crippen LogP contribution < -0.4 is 0 Å². The van der Waals surface area contributed by atoms with Crippen molar-refractivity contribution >= 4 is 23.2 Å². The van der Waals surface area contributed by atoms with Gasteiger partial charge in [0.1, 0.15) is 0 Å². The molecule has 0 spiro atoms. The molecule has 0 aromatic heterocycles. The Morgan fingerprint density at radius 1 is 0.789 bits per heavy atom. The first kappa shape index (κ1) is 16.9. The fourth-order valence-electron chi connectivity index (χ4n) is 0.975. The second kappa shape index (κ2) is 3.73. The van der Waals surface area contributed by atoms with Gasteiger partial charge in [-0.25, -0.2) is 4.39 Å². The van der Waals surface area contributed by atoms with Crippen molar-refractivity contribution in [2.24, 2.45) is 0 Å². The van der Waals surface area contributed by atoms with E-state index in [-0.39, 0.29) is 0 Å². The minimum absolute atomic E-state index is 2.41. The van der Waals surface area contributed by atoms with Gasteiger partial charge in [-0.1, -0.05) is 11.6 Å². The summed E-state index contributed by atoms with van der Waals surface area (Å²) in [5.41, 5.74) is 0. The lowest BCUT2D eigenvalue weighted by atomic mass is 10.0. The second-order valence-corrected chi connectivity index (χ2v) is 4.43. The standard InChI is InChI=1S/C6Cl2F10O/c7-1(9,5(8,15)16)2(10,11)3(12,13)4(14)6(17,18)19-4. The summed E-state index contributed by atoms with van der Waals surface area (Å²) >= 11 is 7.62. The Morgan fingerprint density at radius 3 is 1.32 bits per heavy atom. The maximum absolute atomic E-state index is 12.9. The van der Waals surface area contributed by atoms with E-state index in [4.69, 9.17) is 0 Å². The molecule has 0 saturated carbocycles. The van der Waals surface area contributed by atoms with Crippen molar-refractivity contribution < 1.29 is 48.6 Å². The van der Waals surface area contributed by atoms with Crippen molar-refractivity contribution in [3.63, 3.8) is 0 Å². The van der Waals surface area contributed by atoms with Crippen LogP contribution in [-0.2, 0) is 4.74 Å². The molecule has 1 rings (SSSR count). The predicted molar refractivity (Wildman–Crippen MR) is 40.3 cm³/mol. The minimum Gasteiger partial charge on any atom is -0.265 e. The van der Waals surface area contributed by atoms with Crippen LogP contribution in [0.4, 0.5) is 43.9 Å². The van der Waals surface area contributed by atoms with E-state index in [1.165, 1.54) is 0 Å². The first-order valence-electron chi connectivity index (χ1n) is 3.93. The molecule has 13 heteroatoms. The monoisotopic (exact) mass is 348 g/mol. The van der Waals surface area contributed by atoms with Gasteiger partial charge in [0.05, 0.1) is 0 Å². The summed E-state index contributed by atoms with van der Waals surface area (Å²) in [5, 5.41) is -11.9. The Hall–Kier alpha value is -0.160. The van der Waals surface area contributed by atoms with Crippen molar-refractivity contribution in [1.82, 2.24) is 0 Å². The molecule has 0 amide bonds. The third kappa shape index (κ3) is 1.88. The number of epoxide rings is 1. The van der Waals surface area contributed by atoms with Gasteiger partial charge in [0.2, 0.25) is 0 Å². The molecule has 0 aliphatic carbocycles. The first-order valence-corrected chi connectivity index (χ1v) is 4.68. The number of hydrogen-bond donors (Lipinski definition) is 0. The zero-order valence-electron chi connectivity index (χ0n) is 7.94. The zero-order valence-corrected chi connectivity index (χ0v) is 9.46. The van der Waals surface area contributed by atoms with E-state index in [0.717, 1.165) is 0 Å². The quantitative estimate of drug-likeness (QED) is 0.419. The largest absolute Gasteiger partial charge is 0.424 e. The second-order valence-electron chi connectivity index (χ2n) is 3.44. The Bertz CT molecular complexity index is 390. The maximum Gasteiger partial charge on any atom is 0.424 e. The number of alkyl halides is 12. The topological polar surface area (TPSA) is 12.5 Å². The Balaban J connectivity index is 3.28. The highest BCUT2D eigenvalue weighted by Gasteiger charge is 2.97. The molecule has 2 unspecified atom stereocenters. The summed E-state index contributed by atoms with van der Waals surface area (Å²) in [4.78, 5) is 0. The van der Waals surface area contributed by atoms with Gasteiger partial charge in [0.15, 0.2) is 0 Å². The van der Waals surface area contributed by atoms with Gasteiger partial charge in [-0.2, -0.15) is 39.5 Å². The van der Waals surface area contributed by atoms with Crippen LogP contribution in [0.25, 0.3) is 0 Å². The molecule has 0 bridgehead atoms. The molecule has 0 aromatic rings. The van der Waals surface area contributed by atoms with Crippen LogP contribution in [0.1, 0.15) is 0 Å². The van der Waals surface area contributed by atoms with Gasteiger partial charge < -0.3 is 0 Å². The van der Waals surface area contributed by atoms with Crippen LogP contribution in [0.2, 0.25) is 0 Å². The average Bonchev–Trinajstić information content (AvgIpc) is 2.65. The fourth-order valence-corrected chi connectivity index (χ4v) is 1.21. The van der Waals surface area contributed by atoms with Crippen molar-refractivity contribution in [3.05, 3.63) is 0 Å². The lowest BCUT2D eigenvalue weighted by Gasteiger charge is -2.35. The molecule has 1 aliphatic heterocycles. The summed E-state index contributed by atoms with van der Waals surface area (Å²) in [6.45, 7) is 0. The van der Waals surface area contributed by atoms with Gasteiger partial charge in [-0.05, 0) is 11.6 Å². The lowest BCUT2D eigenvalue weighted by molar-refractivity contribution is -0.319. The predicted octanol–water partition coefficient (Wildman–Crippen LogP) is 4.28. The van der Waals surface area contributed by atoms with E-state index >= 15 is 0 Å². The van der Waals surface area contributed by atoms with Crippen LogP contribution in [0.3, 0.4) is 0 Å². The Kier molecular flexibility index (Phi) is 3.31. The zero-order chi connectivity index (χ0) is 15.7. The molecule has 1 saturated heterocycles. The van der Waals surface area contributed by atoms with Crippen molar-refractivity contribution in [1.29, 1.82) is 0 Å². The van der Waals surface area contributed by atoms with Gasteiger partial charge in [0.25, 0.3) is 0 Å². The number of hydrogen-bond acceptors (Lipinski definition) is 1. The van der Waals surface area contributed by atoms with Crippen molar-refractivity contribution in [2.75, 3.05) is 0 Å². The van der Waals surface area contributed by atoms with E-state index in [0.29, 0.717) is 0 Å². The third-order valence-electron chi connectivity index (χ3n) is 2.15. The van der Waals surface area contributed by atoms with Gasteiger partial charge in [-0.15, -0.1) is 0 Å². The molecule has 0 N–H and O–H groups in total. The maximum atomic E-state index is 12.9. The minimum atomic E-state index is -6.82. The molecule has 0 aromatic carbocycles. The SMILES string of the molecule is FC(F)(Cl)C(F)(Cl)C(F)(F)C(F)(F)C1(F)OC1(F)F. The summed E-state index contributed by atoms with van der Waals surface area (Å²) < 4.78 is 128. The molecule has 114 valence electrons. The van der Waals surface area contributed by atoms with E-state index in [9.17, 15) is 43.9 Å². The summed E-state index contributed by atoms with van der Waals surface area (Å²) in [6.07, 6.45) is -5.42. The number of halogens is 12. The van der Waals surface area contributed by atoms with Gasteiger partial charge in [0, 0.05) is 0 Å². The van der Waals surface area contributed by atoms with Crippen molar-refractivity contribution in [2.45, 2.75) is 34.3 Å². The van der Waals surface area contributed by atoms with E-state index in [1.807, 2.05) is 0 Å². The molecule has 2 atom stereocenters. The van der Waals surface area contributed by atoms with E-state index in [2.05, 4.69) is 27.9 Å². The normalized spacial score (nSPS) is 30.9. The van der Waals surface area contributed by atoms with E-state index < -0.39 is 34.3 Å². The smallest absolute Gasteiger partial charge is 0.265 e. The molecule has 1 heterocycles. The molecule has 0 radical (unpaired) electrons. The van der Waals surface area contributed by atoms with Crippen LogP contribution in [0.5, 0.6) is 0 Å². The Morgan fingerprint density at radius 2 is 1.11 bits per heavy atom. The van der Waals surface area contributed by atoms with Crippen LogP contribution in [0, 0.1) is 0 Å². The van der Waals surface area contributed by atoms with Crippen LogP contribution in [-0.4, -0.2) is 34.3 Å². The summed E-state index contributed by atoms with van der Waals surface area (Å²) in [6, 6.07) is 0. The lowest BCUT2D eigenvalue weighted by Crippen LogP contribution is -2.64. The van der Waals surface area contributed by atoms with E-state index in [1.54, 1.807) is 0 Å². The fraction of sp³-hybridized carbons (Fsp3) is 1.00. The molecule has 1 aliphatic rings. The molecule has 19 heavy (non-hydrogen) atoms. The molecular formula is C6Cl2F10O. The highest BCUT2D eigenvalue weighted by Crippen LogP contribution is 2.67. The van der Waals surface area contributed by atoms with Gasteiger partial charge in [-0.3, -0.25) is 4.74 Å². The number of ether oxygens (including phenoxy) is 1. The number of rotatable bonds is 4. The Labute approximate surface area is 107 Å². The van der Waals surface area contributed by atoms with Crippen LogP contribution in [0.15, 0.2) is 0 Å². The summed E-state index contributed by atoms with van der Waals surface area (Å²) in [7, 11) is 0. The molecule has 1 nitrogen and oxygen atoms in total. The molecular weight excluding hydrogens is 349 g/mol. The highest BCUT2D eigenvalue weighted by atomic mass is 35.5. The highest BCUT2D eigenvalue weighted by molar-refractivity contribution is 6.33. The summed E-state index contributed by atoms with van der Waals surface area (Å²) in [5.74, 6) is -19.2. The average molecular weight is 349 g/mol. The third-order valence-corrected chi connectivity index (χ3v) is 2.98. The van der Waals surface area contributed by atoms with Crippen molar-refractivity contribution in [3.8, 4) is 0 Å². The van der Waals surface area contributed by atoms with Crippen LogP contribution >= 0.6 is 23.2 Å². The first-order chi connectivity index (χ1) is 7.96.